The first-order valence-electron chi connectivity index (χ1n) is 8.56. The molecule has 0 unspecified atom stereocenters. The van der Waals surface area contributed by atoms with Crippen LogP contribution < -0.4 is 0 Å². The number of nitrogens with zero attached hydrogens (tertiary/aromatic N) is 3. The first kappa shape index (κ1) is 14.3. The van der Waals surface area contributed by atoms with Crippen LogP contribution in [0.25, 0.3) is 0 Å². The zero-order valence-electron chi connectivity index (χ0n) is 13.1. The van der Waals surface area contributed by atoms with Crippen LogP contribution in [0.1, 0.15) is 59.9 Å². The lowest BCUT2D eigenvalue weighted by Crippen LogP contribution is -2.26. The lowest BCUT2D eigenvalue weighted by atomic mass is 9.86. The number of aromatic nitrogens is 3. The number of benzene rings is 1. The fourth-order valence-electron chi connectivity index (χ4n) is 4.32. The molecule has 5 nitrogen and oxygen atoms in total. The van der Waals surface area contributed by atoms with Gasteiger partial charge in [-0.3, -0.25) is 4.79 Å². The summed E-state index contributed by atoms with van der Waals surface area (Å²) < 4.78 is 21.8. The van der Waals surface area contributed by atoms with Gasteiger partial charge < -0.3 is 4.74 Å². The summed E-state index contributed by atoms with van der Waals surface area (Å²) in [5, 5.41) is 4.39. The Morgan fingerprint density at radius 3 is 2.75 bits per heavy atom. The van der Waals surface area contributed by atoms with Crippen molar-refractivity contribution >= 4 is 5.78 Å². The van der Waals surface area contributed by atoms with Gasteiger partial charge in [0.25, 0.3) is 0 Å². The molecule has 24 heavy (non-hydrogen) atoms. The summed E-state index contributed by atoms with van der Waals surface area (Å²) in [7, 11) is 0. The Hall–Kier alpha value is -2.08. The van der Waals surface area contributed by atoms with Crippen LogP contribution in [-0.4, -0.2) is 32.8 Å². The molecule has 4 heterocycles. The Morgan fingerprint density at radius 1 is 1.21 bits per heavy atom. The van der Waals surface area contributed by atoms with Crippen molar-refractivity contribution in [3.63, 3.8) is 0 Å². The number of carbonyl (C=O) groups is 1. The van der Waals surface area contributed by atoms with Gasteiger partial charge in [0.15, 0.2) is 12.0 Å². The molecule has 2 saturated heterocycles. The second kappa shape index (κ2) is 5.21. The molecule has 2 bridgehead atoms. The molecule has 0 aliphatic carbocycles. The van der Waals surface area contributed by atoms with E-state index >= 15 is 0 Å². The number of hydrogen-bond acceptors (Lipinski definition) is 4. The number of Topliss-reactive ketones (excluding diaryl/α,β-unsaturated/α-hetero) is 1. The van der Waals surface area contributed by atoms with Crippen LogP contribution in [0.2, 0.25) is 0 Å². The molecule has 0 amide bonds. The fraction of sp³-hybridized carbons (Fsp3) is 0.500. The molecule has 3 aliphatic rings. The zero-order chi connectivity index (χ0) is 16.3. The van der Waals surface area contributed by atoms with Gasteiger partial charge in [-0.05, 0) is 24.8 Å². The maximum Gasteiger partial charge on any atom is 0.218 e. The average molecular weight is 327 g/mol. The number of rotatable bonds is 3. The molecule has 5 rings (SSSR count). The molecule has 6 heteroatoms. The lowest BCUT2D eigenvalue weighted by molar-refractivity contribution is 0.0734. The van der Waals surface area contributed by atoms with Gasteiger partial charge in [0.1, 0.15) is 0 Å². The molecular weight excluding hydrogens is 309 g/mol. The second-order valence-corrected chi connectivity index (χ2v) is 6.95. The van der Waals surface area contributed by atoms with Gasteiger partial charge in [-0.15, -0.1) is 5.10 Å². The molecule has 0 N–H and O–H groups in total. The zero-order valence-corrected chi connectivity index (χ0v) is 13.1. The van der Waals surface area contributed by atoms with E-state index in [4.69, 9.17) is 4.74 Å². The topological polar surface area (TPSA) is 57.0 Å². The highest BCUT2D eigenvalue weighted by Crippen LogP contribution is 2.42. The molecule has 0 radical (unpaired) electrons. The Labute approximate surface area is 138 Å². The van der Waals surface area contributed by atoms with E-state index in [1.165, 1.54) is 0 Å². The van der Waals surface area contributed by atoms with Crippen LogP contribution in [0.15, 0.2) is 30.3 Å². The van der Waals surface area contributed by atoms with E-state index in [2.05, 4.69) is 10.1 Å². The number of hydrogen-bond donors (Lipinski definition) is 0. The summed E-state index contributed by atoms with van der Waals surface area (Å²) in [6.45, 7) is 0. The number of carbonyl (C=O) groups excluding carboxylic acids is 1. The Balaban J connectivity index is 1.46. The van der Waals surface area contributed by atoms with Crippen molar-refractivity contribution in [2.45, 2.75) is 50.1 Å². The second-order valence-electron chi connectivity index (χ2n) is 6.95. The van der Waals surface area contributed by atoms with Gasteiger partial charge in [0.2, 0.25) is 11.6 Å². The quantitative estimate of drug-likeness (QED) is 0.813. The van der Waals surface area contributed by atoms with E-state index in [1.54, 1.807) is 4.68 Å². The smallest absolute Gasteiger partial charge is 0.218 e. The molecule has 0 spiro atoms. The molecular formula is C18H18FN3O2. The van der Waals surface area contributed by atoms with Crippen LogP contribution in [0.5, 0.6) is 0 Å². The molecule has 2 aromatic rings. The fourth-order valence-corrected chi connectivity index (χ4v) is 4.32. The molecule has 2 fully saturated rings. The molecule has 3 aliphatic heterocycles. The predicted molar refractivity (Wildman–Crippen MR) is 83.4 cm³/mol. The Bertz CT molecular complexity index is 791. The standard InChI is InChI=1S/C18H18FN3O2/c19-13-9-14(10-4-2-1-3-5-10)22-18(13)20-17(21-22)16(23)12-8-11-6-7-15(12)24-11/h1-5,11-15H,6-9H2/t11-,12+,13-,14-,15+/m0/s1. The van der Waals surface area contributed by atoms with Crippen LogP contribution in [0.3, 0.4) is 0 Å². The van der Waals surface area contributed by atoms with Gasteiger partial charge in [0, 0.05) is 6.42 Å². The maximum absolute atomic E-state index is 14.4. The predicted octanol–water partition coefficient (Wildman–Crippen LogP) is 3.03. The van der Waals surface area contributed by atoms with Gasteiger partial charge >= 0.3 is 0 Å². The molecule has 5 atom stereocenters. The molecule has 1 aromatic heterocycles. The number of halogens is 1. The summed E-state index contributed by atoms with van der Waals surface area (Å²) in [5.74, 6) is 0.161. The van der Waals surface area contributed by atoms with E-state index in [1.807, 2.05) is 30.3 Å². The molecule has 0 saturated carbocycles. The van der Waals surface area contributed by atoms with Crippen molar-refractivity contribution in [1.82, 2.24) is 14.8 Å². The van der Waals surface area contributed by atoms with Crippen LogP contribution in [0, 0.1) is 5.92 Å². The van der Waals surface area contributed by atoms with Crippen molar-refractivity contribution in [2.24, 2.45) is 5.92 Å². The van der Waals surface area contributed by atoms with Gasteiger partial charge in [-0.2, -0.15) is 0 Å². The third-order valence-electron chi connectivity index (χ3n) is 5.51. The summed E-state index contributed by atoms with van der Waals surface area (Å²) >= 11 is 0. The third kappa shape index (κ3) is 2.05. The first-order valence-corrected chi connectivity index (χ1v) is 8.56. The summed E-state index contributed by atoms with van der Waals surface area (Å²) in [5.41, 5.74) is 0.992. The summed E-state index contributed by atoms with van der Waals surface area (Å²) in [6.07, 6.45) is 2.04. The summed E-state index contributed by atoms with van der Waals surface area (Å²) in [6, 6.07) is 9.50. The summed E-state index contributed by atoms with van der Waals surface area (Å²) in [4.78, 5) is 17.0. The average Bonchev–Trinajstić information content (AvgIpc) is 3.37. The lowest BCUT2D eigenvalue weighted by Gasteiger charge is -2.15. The minimum absolute atomic E-state index is 0.00747. The van der Waals surface area contributed by atoms with E-state index < -0.39 is 6.17 Å². The van der Waals surface area contributed by atoms with E-state index in [-0.39, 0.29) is 41.6 Å². The molecule has 124 valence electrons. The Kier molecular flexibility index (Phi) is 3.10. The van der Waals surface area contributed by atoms with Crippen molar-refractivity contribution in [2.75, 3.05) is 0 Å². The highest BCUT2D eigenvalue weighted by atomic mass is 19.1. The van der Waals surface area contributed by atoms with Crippen LogP contribution in [-0.2, 0) is 4.74 Å². The number of fused-ring (bicyclic) bond motifs is 3. The van der Waals surface area contributed by atoms with Crippen molar-refractivity contribution < 1.29 is 13.9 Å². The minimum Gasteiger partial charge on any atom is -0.374 e. The number of ketones is 1. The Morgan fingerprint density at radius 2 is 2.04 bits per heavy atom. The highest BCUT2D eigenvalue weighted by molar-refractivity contribution is 5.95. The van der Waals surface area contributed by atoms with E-state index in [0.29, 0.717) is 6.42 Å². The number of alkyl halides is 1. The largest absolute Gasteiger partial charge is 0.374 e. The van der Waals surface area contributed by atoms with Crippen molar-refractivity contribution in [3.05, 3.63) is 47.5 Å². The number of ether oxygens (including phenoxy) is 1. The van der Waals surface area contributed by atoms with E-state index in [0.717, 1.165) is 24.8 Å². The van der Waals surface area contributed by atoms with Gasteiger partial charge in [-0.25, -0.2) is 14.1 Å². The van der Waals surface area contributed by atoms with Crippen LogP contribution in [0.4, 0.5) is 4.39 Å². The van der Waals surface area contributed by atoms with Gasteiger partial charge in [0.05, 0.1) is 24.2 Å². The minimum atomic E-state index is -1.18. The molecule has 1 aromatic carbocycles. The van der Waals surface area contributed by atoms with Gasteiger partial charge in [-0.1, -0.05) is 30.3 Å². The van der Waals surface area contributed by atoms with Crippen molar-refractivity contribution in [1.29, 1.82) is 0 Å². The third-order valence-corrected chi connectivity index (χ3v) is 5.51. The first-order chi connectivity index (χ1) is 11.7. The maximum atomic E-state index is 14.4. The monoisotopic (exact) mass is 327 g/mol. The van der Waals surface area contributed by atoms with E-state index in [9.17, 15) is 9.18 Å². The SMILES string of the molecule is O=C(c1nc2n(n1)[C@H](c1ccccc1)C[C@@H]2F)[C@@H]1C[C@@H]2CC[C@H]1O2. The van der Waals surface area contributed by atoms with Crippen LogP contribution >= 0.6 is 0 Å². The van der Waals surface area contributed by atoms with Crippen molar-refractivity contribution in [3.8, 4) is 0 Å². The highest BCUT2D eigenvalue weighted by Gasteiger charge is 2.46. The normalized spacial score (nSPS) is 33.8.